The van der Waals surface area contributed by atoms with Crippen LogP contribution in [0.4, 0.5) is 11.4 Å². The molecule has 2 amide bonds. The number of rotatable bonds is 5. The minimum Gasteiger partial charge on any atom is -0.478 e. The highest BCUT2D eigenvalue weighted by Gasteiger charge is 2.29. The maximum Gasteiger partial charge on any atom is 0.266 e. The van der Waals surface area contributed by atoms with Crippen molar-refractivity contribution in [2.75, 3.05) is 10.6 Å². The monoisotopic (exact) mass is 422 g/mol. The van der Waals surface area contributed by atoms with Crippen LogP contribution in [0.1, 0.15) is 12.0 Å². The van der Waals surface area contributed by atoms with Gasteiger partial charge in [0.2, 0.25) is 5.91 Å². The number of carbonyl (C=O) groups is 2. The highest BCUT2D eigenvalue weighted by Crippen LogP contribution is 2.33. The summed E-state index contributed by atoms with van der Waals surface area (Å²) in [6.45, 7) is 1.99. The summed E-state index contributed by atoms with van der Waals surface area (Å²) in [7, 11) is 0. The molecule has 0 bridgehead atoms. The topological polar surface area (TPSA) is 76.7 Å². The summed E-state index contributed by atoms with van der Waals surface area (Å²) in [6.07, 6.45) is -1.09. The Morgan fingerprint density at radius 3 is 2.70 bits per heavy atom. The maximum absolute atomic E-state index is 12.6. The Morgan fingerprint density at radius 2 is 1.90 bits per heavy atom. The molecule has 0 aliphatic carbocycles. The number of halogens is 1. The van der Waals surface area contributed by atoms with E-state index in [2.05, 4.69) is 10.6 Å². The van der Waals surface area contributed by atoms with Crippen molar-refractivity contribution in [2.45, 2.75) is 19.4 Å². The number of benzene rings is 3. The van der Waals surface area contributed by atoms with Crippen molar-refractivity contribution in [3.63, 3.8) is 0 Å². The van der Waals surface area contributed by atoms with Gasteiger partial charge in [0.05, 0.1) is 17.8 Å². The summed E-state index contributed by atoms with van der Waals surface area (Å²) in [5.41, 5.74) is 2.10. The van der Waals surface area contributed by atoms with E-state index in [9.17, 15) is 9.59 Å². The molecule has 1 aliphatic heterocycles. The summed E-state index contributed by atoms with van der Waals surface area (Å²) < 4.78 is 11.6. The van der Waals surface area contributed by atoms with Crippen LogP contribution < -0.4 is 20.1 Å². The van der Waals surface area contributed by atoms with E-state index in [1.807, 2.05) is 31.2 Å². The number of hydrogen-bond acceptors (Lipinski definition) is 4. The molecule has 0 aromatic heterocycles. The molecule has 1 aliphatic rings. The Bertz CT molecular complexity index is 1100. The van der Waals surface area contributed by atoms with Gasteiger partial charge >= 0.3 is 0 Å². The van der Waals surface area contributed by atoms with Gasteiger partial charge in [-0.2, -0.15) is 0 Å². The molecule has 7 heteroatoms. The largest absolute Gasteiger partial charge is 0.478 e. The van der Waals surface area contributed by atoms with Crippen molar-refractivity contribution in [2.24, 2.45) is 0 Å². The zero-order valence-electron chi connectivity index (χ0n) is 16.1. The first kappa shape index (κ1) is 19.8. The predicted octanol–water partition coefficient (Wildman–Crippen LogP) is 5.17. The molecule has 0 saturated carbocycles. The lowest BCUT2D eigenvalue weighted by molar-refractivity contribution is -0.128. The second kappa shape index (κ2) is 8.47. The summed E-state index contributed by atoms with van der Waals surface area (Å²) in [5, 5.41) is 5.96. The molecule has 3 aromatic rings. The van der Waals surface area contributed by atoms with E-state index < -0.39 is 12.0 Å². The van der Waals surface area contributed by atoms with Crippen LogP contribution in [0.2, 0.25) is 5.02 Å². The van der Waals surface area contributed by atoms with Gasteiger partial charge in [0.25, 0.3) is 5.91 Å². The molecular weight excluding hydrogens is 404 g/mol. The number of aryl methyl sites for hydroxylation is 1. The first-order valence-corrected chi connectivity index (χ1v) is 9.76. The lowest BCUT2D eigenvalue weighted by Crippen LogP contribution is -2.39. The Hall–Kier alpha value is -3.51. The first-order valence-electron chi connectivity index (χ1n) is 9.38. The maximum atomic E-state index is 12.6. The second-order valence-corrected chi connectivity index (χ2v) is 7.34. The number of amides is 2. The van der Waals surface area contributed by atoms with Crippen LogP contribution in [0.5, 0.6) is 17.2 Å². The molecule has 0 radical (unpaired) electrons. The predicted molar refractivity (Wildman–Crippen MR) is 115 cm³/mol. The first-order chi connectivity index (χ1) is 14.5. The second-order valence-electron chi connectivity index (χ2n) is 6.90. The molecule has 0 fully saturated rings. The SMILES string of the molecule is Cc1ccc(Oc2ccc(Cl)cc2NC(=O)CC2Oc3ccccc3NC2=O)cc1. The fraction of sp³-hybridized carbons (Fsp3) is 0.130. The van der Waals surface area contributed by atoms with Gasteiger partial charge in [-0.1, -0.05) is 41.4 Å². The number of para-hydroxylation sites is 2. The Kier molecular flexibility index (Phi) is 5.59. The summed E-state index contributed by atoms with van der Waals surface area (Å²) in [5.74, 6) is 0.832. The third-order valence-corrected chi connectivity index (χ3v) is 4.78. The highest BCUT2D eigenvalue weighted by atomic mass is 35.5. The van der Waals surface area contributed by atoms with Crippen LogP contribution >= 0.6 is 11.6 Å². The van der Waals surface area contributed by atoms with Crippen LogP contribution in [0.25, 0.3) is 0 Å². The average molecular weight is 423 g/mol. The zero-order valence-corrected chi connectivity index (χ0v) is 16.9. The van der Waals surface area contributed by atoms with Gasteiger partial charge in [-0.25, -0.2) is 0 Å². The van der Waals surface area contributed by atoms with Gasteiger partial charge in [0, 0.05) is 5.02 Å². The van der Waals surface area contributed by atoms with Crippen molar-refractivity contribution in [3.05, 3.63) is 77.3 Å². The van der Waals surface area contributed by atoms with Crippen LogP contribution in [0, 0.1) is 6.92 Å². The molecule has 1 heterocycles. The molecular formula is C23H19ClN2O4. The number of carbonyl (C=O) groups excluding carboxylic acids is 2. The molecule has 4 rings (SSSR count). The quantitative estimate of drug-likeness (QED) is 0.594. The van der Waals surface area contributed by atoms with Gasteiger partial charge in [0.1, 0.15) is 11.5 Å². The number of ether oxygens (including phenoxy) is 2. The van der Waals surface area contributed by atoms with E-state index >= 15 is 0 Å². The number of anilines is 2. The van der Waals surface area contributed by atoms with Crippen LogP contribution in [0.3, 0.4) is 0 Å². The number of hydrogen-bond donors (Lipinski definition) is 2. The minimum atomic E-state index is -0.930. The molecule has 0 spiro atoms. The third kappa shape index (κ3) is 4.55. The van der Waals surface area contributed by atoms with Crippen molar-refractivity contribution < 1.29 is 19.1 Å². The summed E-state index contributed by atoms with van der Waals surface area (Å²) in [4.78, 5) is 24.9. The zero-order chi connectivity index (χ0) is 21.1. The van der Waals surface area contributed by atoms with Crippen LogP contribution in [0.15, 0.2) is 66.7 Å². The van der Waals surface area contributed by atoms with Gasteiger partial charge in [-0.15, -0.1) is 0 Å². The fourth-order valence-electron chi connectivity index (χ4n) is 3.02. The van der Waals surface area contributed by atoms with E-state index in [1.54, 1.807) is 42.5 Å². The normalized spacial score (nSPS) is 14.9. The molecule has 3 aromatic carbocycles. The smallest absolute Gasteiger partial charge is 0.266 e. The van der Waals surface area contributed by atoms with Crippen molar-refractivity contribution in [1.82, 2.24) is 0 Å². The third-order valence-electron chi connectivity index (χ3n) is 4.54. The van der Waals surface area contributed by atoms with E-state index in [4.69, 9.17) is 21.1 Å². The van der Waals surface area contributed by atoms with Gasteiger partial charge in [-0.05, 0) is 49.4 Å². The standard InChI is InChI=1S/C23H19ClN2O4/c1-14-6-9-16(10-7-14)29-20-11-8-15(24)12-18(20)25-22(27)13-21-23(28)26-17-4-2-3-5-19(17)30-21/h2-12,21H,13H2,1H3,(H,25,27)(H,26,28). The summed E-state index contributed by atoms with van der Waals surface area (Å²) >= 11 is 6.10. The number of fused-ring (bicyclic) bond motifs is 1. The lowest BCUT2D eigenvalue weighted by Gasteiger charge is -2.25. The molecule has 2 N–H and O–H groups in total. The van der Waals surface area contributed by atoms with E-state index in [0.717, 1.165) is 5.56 Å². The highest BCUT2D eigenvalue weighted by molar-refractivity contribution is 6.31. The lowest BCUT2D eigenvalue weighted by atomic mass is 10.1. The van der Waals surface area contributed by atoms with E-state index in [0.29, 0.717) is 33.6 Å². The molecule has 30 heavy (non-hydrogen) atoms. The molecule has 152 valence electrons. The average Bonchev–Trinajstić information content (AvgIpc) is 2.72. The Morgan fingerprint density at radius 1 is 1.13 bits per heavy atom. The Balaban J connectivity index is 1.47. The number of nitrogens with one attached hydrogen (secondary N) is 2. The van der Waals surface area contributed by atoms with Gasteiger partial charge < -0.3 is 20.1 Å². The van der Waals surface area contributed by atoms with Crippen LogP contribution in [-0.4, -0.2) is 17.9 Å². The molecule has 6 nitrogen and oxygen atoms in total. The minimum absolute atomic E-state index is 0.156. The van der Waals surface area contributed by atoms with E-state index in [1.165, 1.54) is 0 Å². The van der Waals surface area contributed by atoms with Crippen molar-refractivity contribution in [3.8, 4) is 17.2 Å². The van der Waals surface area contributed by atoms with Gasteiger partial charge in [0.15, 0.2) is 11.9 Å². The fourth-order valence-corrected chi connectivity index (χ4v) is 3.19. The van der Waals surface area contributed by atoms with Crippen molar-refractivity contribution in [1.29, 1.82) is 0 Å². The summed E-state index contributed by atoms with van der Waals surface area (Å²) in [6, 6.07) is 19.6. The molecule has 0 saturated heterocycles. The molecule has 1 atom stereocenters. The van der Waals surface area contributed by atoms with Gasteiger partial charge in [-0.3, -0.25) is 9.59 Å². The van der Waals surface area contributed by atoms with Crippen LogP contribution in [-0.2, 0) is 9.59 Å². The van der Waals surface area contributed by atoms with E-state index in [-0.39, 0.29) is 12.3 Å². The Labute approximate surface area is 178 Å². The molecule has 1 unspecified atom stereocenters. The van der Waals surface area contributed by atoms with Crippen molar-refractivity contribution >= 4 is 34.8 Å².